The summed E-state index contributed by atoms with van der Waals surface area (Å²) < 4.78 is 0. The predicted molar refractivity (Wildman–Crippen MR) is 62.3 cm³/mol. The van der Waals surface area contributed by atoms with Crippen molar-refractivity contribution in [1.82, 2.24) is 0 Å². The number of aliphatic hydroxyl groups is 1. The fourth-order valence-corrected chi connectivity index (χ4v) is 1.56. The molecule has 2 N–H and O–H groups in total. The van der Waals surface area contributed by atoms with Crippen molar-refractivity contribution in [2.75, 3.05) is 0 Å². The number of carboxylic acid groups (broad SMARTS) is 1. The second-order valence-electron chi connectivity index (χ2n) is 4.38. The smallest absolute Gasteiger partial charge is 0.303 e. The van der Waals surface area contributed by atoms with Crippen LogP contribution in [0, 0.1) is 0 Å². The van der Waals surface area contributed by atoms with Gasteiger partial charge < -0.3 is 10.2 Å². The zero-order valence-electron chi connectivity index (χ0n) is 9.52. The highest BCUT2D eigenvalue weighted by Crippen LogP contribution is 2.19. The van der Waals surface area contributed by atoms with Gasteiger partial charge in [0, 0.05) is 6.42 Å². The molecule has 3 heteroatoms. The molecule has 16 heavy (non-hydrogen) atoms. The molecule has 0 bridgehead atoms. The first-order valence-corrected chi connectivity index (χ1v) is 5.48. The van der Waals surface area contributed by atoms with Gasteiger partial charge in [0.25, 0.3) is 0 Å². The van der Waals surface area contributed by atoms with Crippen molar-refractivity contribution in [3.63, 3.8) is 0 Å². The van der Waals surface area contributed by atoms with Gasteiger partial charge in [-0.2, -0.15) is 0 Å². The van der Waals surface area contributed by atoms with Crippen LogP contribution in [0.1, 0.15) is 31.7 Å². The minimum absolute atomic E-state index is 0.0157. The van der Waals surface area contributed by atoms with Gasteiger partial charge in [-0.1, -0.05) is 30.3 Å². The number of benzene rings is 1. The molecule has 0 saturated carbocycles. The lowest BCUT2D eigenvalue weighted by Crippen LogP contribution is -2.25. The zero-order valence-corrected chi connectivity index (χ0v) is 9.52. The molecule has 3 nitrogen and oxygen atoms in total. The molecule has 0 spiro atoms. The normalized spacial score (nSPS) is 14.4. The second kappa shape index (κ2) is 5.66. The highest BCUT2D eigenvalue weighted by atomic mass is 16.4. The zero-order chi connectivity index (χ0) is 12.0. The monoisotopic (exact) mass is 222 g/mol. The van der Waals surface area contributed by atoms with E-state index in [1.807, 2.05) is 30.3 Å². The first kappa shape index (κ1) is 12.7. The first-order chi connectivity index (χ1) is 7.49. The van der Waals surface area contributed by atoms with Crippen LogP contribution in [0.4, 0.5) is 0 Å². The average Bonchev–Trinajstić information content (AvgIpc) is 2.26. The van der Waals surface area contributed by atoms with E-state index in [9.17, 15) is 9.90 Å². The Bertz CT molecular complexity index is 330. The van der Waals surface area contributed by atoms with Crippen LogP contribution in [0.3, 0.4) is 0 Å². The average molecular weight is 222 g/mol. The van der Waals surface area contributed by atoms with E-state index >= 15 is 0 Å². The first-order valence-electron chi connectivity index (χ1n) is 5.48. The number of carbonyl (C=O) groups is 1. The van der Waals surface area contributed by atoms with E-state index in [1.54, 1.807) is 6.92 Å². The molecule has 0 aliphatic carbocycles. The molecule has 0 aromatic heterocycles. The van der Waals surface area contributed by atoms with Crippen molar-refractivity contribution in [2.24, 2.45) is 0 Å². The van der Waals surface area contributed by atoms with Crippen LogP contribution < -0.4 is 0 Å². The summed E-state index contributed by atoms with van der Waals surface area (Å²) in [6.45, 7) is 1.69. The van der Waals surface area contributed by atoms with Gasteiger partial charge in [0.1, 0.15) is 0 Å². The molecule has 1 atom stereocenters. The van der Waals surface area contributed by atoms with Gasteiger partial charge in [-0.05, 0) is 31.7 Å². The molecule has 1 unspecified atom stereocenters. The van der Waals surface area contributed by atoms with E-state index in [-0.39, 0.29) is 6.42 Å². The summed E-state index contributed by atoms with van der Waals surface area (Å²) in [5, 5.41) is 18.5. The SMILES string of the molecule is CC(O)(CCC(=O)O)CCc1ccccc1. The predicted octanol–water partition coefficient (Wildman–Crippen LogP) is 2.24. The van der Waals surface area contributed by atoms with Gasteiger partial charge in [0.2, 0.25) is 0 Å². The van der Waals surface area contributed by atoms with E-state index in [2.05, 4.69) is 0 Å². The van der Waals surface area contributed by atoms with E-state index < -0.39 is 11.6 Å². The second-order valence-corrected chi connectivity index (χ2v) is 4.38. The lowest BCUT2D eigenvalue weighted by atomic mass is 9.92. The fourth-order valence-electron chi connectivity index (χ4n) is 1.56. The Morgan fingerprint density at radius 3 is 2.44 bits per heavy atom. The topological polar surface area (TPSA) is 57.5 Å². The fraction of sp³-hybridized carbons (Fsp3) is 0.462. The Balaban J connectivity index is 2.38. The maximum absolute atomic E-state index is 10.4. The Morgan fingerprint density at radius 1 is 1.25 bits per heavy atom. The summed E-state index contributed by atoms with van der Waals surface area (Å²) in [7, 11) is 0. The molecule has 1 aromatic rings. The lowest BCUT2D eigenvalue weighted by molar-refractivity contribution is -0.138. The quantitative estimate of drug-likeness (QED) is 0.776. The van der Waals surface area contributed by atoms with Gasteiger partial charge in [-0.15, -0.1) is 0 Å². The van der Waals surface area contributed by atoms with Gasteiger partial charge in [0.15, 0.2) is 0 Å². The van der Waals surface area contributed by atoms with Crippen molar-refractivity contribution in [3.05, 3.63) is 35.9 Å². The van der Waals surface area contributed by atoms with Crippen molar-refractivity contribution in [2.45, 2.75) is 38.2 Å². The van der Waals surface area contributed by atoms with Gasteiger partial charge in [-0.25, -0.2) is 0 Å². The van der Waals surface area contributed by atoms with Crippen molar-refractivity contribution in [3.8, 4) is 0 Å². The van der Waals surface area contributed by atoms with E-state index in [1.165, 1.54) is 0 Å². The van der Waals surface area contributed by atoms with Crippen LogP contribution in [0.2, 0.25) is 0 Å². The van der Waals surface area contributed by atoms with Crippen molar-refractivity contribution in [1.29, 1.82) is 0 Å². The third kappa shape index (κ3) is 4.94. The summed E-state index contributed by atoms with van der Waals surface area (Å²) in [5.41, 5.74) is 0.270. The van der Waals surface area contributed by atoms with E-state index in [0.29, 0.717) is 12.8 Å². The Morgan fingerprint density at radius 2 is 1.88 bits per heavy atom. The summed E-state index contributed by atoms with van der Waals surface area (Å²) in [6, 6.07) is 9.88. The summed E-state index contributed by atoms with van der Waals surface area (Å²) in [6.07, 6.45) is 1.68. The van der Waals surface area contributed by atoms with Crippen molar-refractivity contribution < 1.29 is 15.0 Å². The van der Waals surface area contributed by atoms with Crippen LogP contribution in [-0.2, 0) is 11.2 Å². The minimum atomic E-state index is -0.895. The Kier molecular flexibility index (Phi) is 4.50. The molecule has 0 radical (unpaired) electrons. The molecule has 1 aromatic carbocycles. The Hall–Kier alpha value is -1.35. The third-order valence-electron chi connectivity index (χ3n) is 2.67. The molecule has 1 rings (SSSR count). The summed E-state index contributed by atoms with van der Waals surface area (Å²) in [5.74, 6) is -0.861. The van der Waals surface area contributed by atoms with Crippen molar-refractivity contribution >= 4 is 5.97 Å². The molecular formula is C13H18O3. The molecular weight excluding hydrogens is 204 g/mol. The molecule has 0 heterocycles. The lowest BCUT2D eigenvalue weighted by Gasteiger charge is -2.22. The van der Waals surface area contributed by atoms with Crippen LogP contribution in [0.25, 0.3) is 0 Å². The maximum atomic E-state index is 10.4. The molecule has 0 aliphatic rings. The standard InChI is InChI=1S/C13H18O3/c1-13(16,10-8-12(14)15)9-7-11-5-3-2-4-6-11/h2-6,16H,7-10H2,1H3,(H,14,15). The van der Waals surface area contributed by atoms with Crippen LogP contribution >= 0.6 is 0 Å². The highest BCUT2D eigenvalue weighted by Gasteiger charge is 2.21. The van der Waals surface area contributed by atoms with Gasteiger partial charge in [0.05, 0.1) is 5.60 Å². The van der Waals surface area contributed by atoms with Crippen LogP contribution in [0.5, 0.6) is 0 Å². The molecule has 0 fully saturated rings. The summed E-state index contributed by atoms with van der Waals surface area (Å²) >= 11 is 0. The molecule has 0 aliphatic heterocycles. The third-order valence-corrected chi connectivity index (χ3v) is 2.67. The summed E-state index contributed by atoms with van der Waals surface area (Å²) in [4.78, 5) is 10.4. The van der Waals surface area contributed by atoms with E-state index in [0.717, 1.165) is 12.0 Å². The van der Waals surface area contributed by atoms with E-state index in [4.69, 9.17) is 5.11 Å². The number of aliphatic carboxylic acids is 1. The number of aryl methyl sites for hydroxylation is 1. The van der Waals surface area contributed by atoms with Gasteiger partial charge in [-0.3, -0.25) is 4.79 Å². The molecule has 0 saturated heterocycles. The number of hydrogen-bond acceptors (Lipinski definition) is 2. The Labute approximate surface area is 95.7 Å². The number of rotatable bonds is 6. The van der Waals surface area contributed by atoms with Gasteiger partial charge >= 0.3 is 5.97 Å². The number of carboxylic acids is 1. The van der Waals surface area contributed by atoms with Crippen LogP contribution in [-0.4, -0.2) is 21.8 Å². The maximum Gasteiger partial charge on any atom is 0.303 e. The molecule has 88 valence electrons. The highest BCUT2D eigenvalue weighted by molar-refractivity contribution is 5.66. The minimum Gasteiger partial charge on any atom is -0.481 e. The molecule has 0 amide bonds. The number of hydrogen-bond donors (Lipinski definition) is 2. The largest absolute Gasteiger partial charge is 0.481 e. The van der Waals surface area contributed by atoms with Crippen LogP contribution in [0.15, 0.2) is 30.3 Å².